The third kappa shape index (κ3) is 28.9. The van der Waals surface area contributed by atoms with E-state index in [0.717, 1.165) is 0 Å². The van der Waals surface area contributed by atoms with Gasteiger partial charge in [0.1, 0.15) is 53.4 Å². The first-order valence-corrected chi connectivity index (χ1v) is 27.9. The van der Waals surface area contributed by atoms with Crippen LogP contribution in [0.1, 0.15) is 160 Å². The highest BCUT2D eigenvalue weighted by atomic mass is 16.4. The van der Waals surface area contributed by atoms with Crippen LogP contribution in [0, 0.1) is 17.8 Å². The number of hydrogen-bond donors (Lipinski definition) is 16. The van der Waals surface area contributed by atoms with Crippen LogP contribution in [0.5, 0.6) is 0 Å². The molecule has 0 saturated carbocycles. The molecule has 11 amide bonds. The largest absolute Gasteiger partial charge is 0.481 e. The maximum Gasteiger partial charge on any atom is 0.328 e. The van der Waals surface area contributed by atoms with Crippen molar-refractivity contribution in [2.45, 2.75) is 219 Å². The molecule has 0 fully saturated rings. The van der Waals surface area contributed by atoms with Gasteiger partial charge in [-0.3, -0.25) is 62.3 Å². The second-order valence-electron chi connectivity index (χ2n) is 22.5. The van der Waals surface area contributed by atoms with E-state index in [1.807, 2.05) is 12.2 Å². The predicted octanol–water partition coefficient (Wildman–Crippen LogP) is -3.31. The van der Waals surface area contributed by atoms with Gasteiger partial charge in [0.25, 0.3) is 5.91 Å². The summed E-state index contributed by atoms with van der Waals surface area (Å²) >= 11 is 0. The first kappa shape index (κ1) is 75.5. The van der Waals surface area contributed by atoms with Gasteiger partial charge in [0.15, 0.2) is 6.04 Å². The topological polar surface area (TPSA) is 494 Å². The third-order valence-corrected chi connectivity index (χ3v) is 13.0. The summed E-state index contributed by atoms with van der Waals surface area (Å²) in [5, 5.41) is 62.6. The fourth-order valence-electron chi connectivity index (χ4n) is 8.19. The van der Waals surface area contributed by atoms with Crippen LogP contribution in [0.25, 0.3) is 0 Å². The first-order valence-electron chi connectivity index (χ1n) is 27.9. The maximum atomic E-state index is 14.5. The number of rotatable bonds is 41. The van der Waals surface area contributed by atoms with Crippen molar-refractivity contribution in [2.75, 3.05) is 13.2 Å². The monoisotopic (exact) mass is 1190 g/mol. The number of nitrogens with two attached hydrogens (primary N) is 1. The second-order valence-corrected chi connectivity index (χ2v) is 22.5. The maximum absolute atomic E-state index is 14.5. The molecule has 0 aromatic heterocycles. The summed E-state index contributed by atoms with van der Waals surface area (Å²) in [6.07, 6.45) is -0.674. The van der Waals surface area contributed by atoms with Gasteiger partial charge in [-0.2, -0.15) is 0 Å². The molecule has 19 N–H and O–H groups in total. The minimum Gasteiger partial charge on any atom is -0.481 e. The van der Waals surface area contributed by atoms with Crippen molar-refractivity contribution in [1.29, 1.82) is 0 Å². The van der Waals surface area contributed by atoms with Crippen molar-refractivity contribution >= 4 is 82.9 Å². The van der Waals surface area contributed by atoms with E-state index >= 15 is 0 Å². The highest BCUT2D eigenvalue weighted by Gasteiger charge is 2.42. The van der Waals surface area contributed by atoms with E-state index in [4.69, 9.17) is 5.73 Å². The lowest BCUT2D eigenvalue weighted by atomic mass is 9.91. The van der Waals surface area contributed by atoms with Crippen molar-refractivity contribution in [2.24, 2.45) is 23.5 Å². The molecule has 0 spiro atoms. The molecule has 0 aliphatic rings. The zero-order valence-corrected chi connectivity index (χ0v) is 49.7. The normalized spacial score (nSPS) is 15.6. The van der Waals surface area contributed by atoms with Crippen molar-refractivity contribution in [3.8, 4) is 0 Å². The highest BCUT2D eigenvalue weighted by molar-refractivity contribution is 6.01. The number of aliphatic hydroxyl groups is 1. The lowest BCUT2D eigenvalue weighted by Crippen LogP contribution is -2.68. The molecular formula is C53H93N12O18+. The molecular weight excluding hydrogens is 1090 g/mol. The van der Waals surface area contributed by atoms with Crippen molar-refractivity contribution in [1.82, 2.24) is 53.2 Å². The fourth-order valence-corrected chi connectivity index (χ4v) is 8.19. The third-order valence-electron chi connectivity index (χ3n) is 13.0. The quantitative estimate of drug-likeness (QED) is 0.0285. The van der Waals surface area contributed by atoms with Crippen LogP contribution >= 0.6 is 0 Å². The summed E-state index contributed by atoms with van der Waals surface area (Å²) in [5.74, 6) is -15.8. The summed E-state index contributed by atoms with van der Waals surface area (Å²) in [7, 11) is 0. The molecule has 30 nitrogen and oxygen atoms in total. The number of carboxylic acids is 3. The standard InChI is InChI=1S/C53H92N12O18/c1-12-14-18-52(10,64-39(68)25-56-43(74)31(54)16-17-38(55)67)50(82)62-34(22-29(7)8)46(77)60-36(24-41(71)72)48(79)65-53(11,19-15-13-2)51(83)63-33(21-28(5)6)45(76)59-35(23-40(69)70)47(78)58-32(20-27(3)4)44(75)57-30(9)42(73)61-37(26-66)49(80)81/h27-37,66H,12-26,54H2,1-11H3,(H2,55,67)(H,56,74)(H,57,75)(H,58,78)(H,59,76)(H,60,77)(H,61,73)(H,62,82)(H,63,83)(H,64,68)(H,65,79)(H,69,70)(H,71,72)(H,80,81)/p+1/t30-,31-,32-,33-,34-,35-,36-,37-,52+,53-/m0/s1. The SMILES string of the molecule is CCCC[C@@](C)(NC(=O)CNC(=O)[C@@H]([NH3+])CCC(N)=O)C(=O)N[C@@H](CC(C)C)C(=O)N[C@@H](CC(=O)O)C(=O)N[C@@](C)(CCCC)C(=O)N[C@@H](CC(C)C)C(=O)N[C@@H](CC(=O)O)C(=O)N[C@@H](CC(C)C)C(=O)N[C@@H](C)C(=O)N[C@@H](CO)C(=O)O. The molecule has 0 radical (unpaired) electrons. The lowest BCUT2D eigenvalue weighted by Gasteiger charge is -2.34. The average Bonchev–Trinajstić information content (AvgIpc) is 3.40. The molecule has 0 unspecified atom stereocenters. The lowest BCUT2D eigenvalue weighted by molar-refractivity contribution is -0.404. The van der Waals surface area contributed by atoms with E-state index in [2.05, 4.69) is 53.6 Å². The van der Waals surface area contributed by atoms with Crippen molar-refractivity contribution in [3.05, 3.63) is 0 Å². The summed E-state index contributed by atoms with van der Waals surface area (Å²) in [4.78, 5) is 184. The van der Waals surface area contributed by atoms with E-state index in [9.17, 15) is 87.5 Å². The number of nitrogens with one attached hydrogen (secondary N) is 10. The van der Waals surface area contributed by atoms with E-state index < -0.39 is 168 Å². The predicted molar refractivity (Wildman–Crippen MR) is 297 cm³/mol. The molecule has 0 aliphatic carbocycles. The number of aliphatic carboxylic acids is 3. The Bertz CT molecular complexity index is 2280. The number of carboxylic acid groups (broad SMARTS) is 3. The molecule has 0 saturated heterocycles. The Labute approximate surface area is 483 Å². The van der Waals surface area contributed by atoms with Gasteiger partial charge in [-0.15, -0.1) is 0 Å². The van der Waals surface area contributed by atoms with Gasteiger partial charge in [0.2, 0.25) is 59.1 Å². The summed E-state index contributed by atoms with van der Waals surface area (Å²) < 4.78 is 0. The molecule has 10 atom stereocenters. The Kier molecular flexibility index (Phi) is 33.5. The highest BCUT2D eigenvalue weighted by Crippen LogP contribution is 2.20. The fraction of sp³-hybridized carbons (Fsp3) is 0.736. The van der Waals surface area contributed by atoms with Gasteiger partial charge in [-0.05, 0) is 70.6 Å². The van der Waals surface area contributed by atoms with Crippen LogP contribution in [-0.4, -0.2) is 176 Å². The van der Waals surface area contributed by atoms with Gasteiger partial charge >= 0.3 is 17.9 Å². The zero-order chi connectivity index (χ0) is 64.1. The molecule has 30 heteroatoms. The molecule has 0 rings (SSSR count). The van der Waals surface area contributed by atoms with Crippen molar-refractivity contribution < 1.29 is 93.3 Å². The van der Waals surface area contributed by atoms with Crippen LogP contribution in [-0.2, 0) is 67.1 Å². The molecule has 0 aromatic carbocycles. The van der Waals surface area contributed by atoms with Crippen LogP contribution in [0.15, 0.2) is 0 Å². The van der Waals surface area contributed by atoms with Gasteiger partial charge in [0.05, 0.1) is 26.0 Å². The van der Waals surface area contributed by atoms with Gasteiger partial charge in [-0.1, -0.05) is 81.1 Å². The molecule has 83 heavy (non-hydrogen) atoms. The number of hydrogen-bond acceptors (Lipinski definition) is 15. The van der Waals surface area contributed by atoms with Gasteiger partial charge < -0.3 is 85.1 Å². The Balaban J connectivity index is 6.82. The average molecular weight is 1190 g/mol. The second kappa shape index (κ2) is 36.9. The summed E-state index contributed by atoms with van der Waals surface area (Å²) in [5.41, 5.74) is 5.21. The number of quaternary nitrogens is 1. The van der Waals surface area contributed by atoms with E-state index in [1.165, 1.54) is 20.8 Å². The number of primary amides is 1. The van der Waals surface area contributed by atoms with E-state index in [1.54, 1.807) is 48.5 Å². The number of unbranched alkanes of at least 4 members (excludes halogenated alkanes) is 2. The van der Waals surface area contributed by atoms with Crippen LogP contribution < -0.4 is 64.6 Å². The van der Waals surface area contributed by atoms with Crippen LogP contribution in [0.3, 0.4) is 0 Å². The Morgan fingerprint density at radius 3 is 1.25 bits per heavy atom. The number of carbonyl (C=O) groups excluding carboxylic acids is 11. The van der Waals surface area contributed by atoms with E-state index in [-0.39, 0.29) is 69.1 Å². The van der Waals surface area contributed by atoms with Crippen LogP contribution in [0.4, 0.5) is 0 Å². The number of aliphatic hydroxyl groups excluding tert-OH is 1. The first-order chi connectivity index (χ1) is 38.4. The zero-order valence-electron chi connectivity index (χ0n) is 49.7. The van der Waals surface area contributed by atoms with Crippen molar-refractivity contribution in [3.63, 3.8) is 0 Å². The molecule has 472 valence electrons. The number of amides is 11. The molecule has 0 bridgehead atoms. The smallest absolute Gasteiger partial charge is 0.328 e. The summed E-state index contributed by atoms with van der Waals surface area (Å²) in [6, 6.07) is -12.1. The van der Waals surface area contributed by atoms with Gasteiger partial charge in [0, 0.05) is 12.8 Å². The minimum absolute atomic E-state index is 0.0290. The van der Waals surface area contributed by atoms with Crippen LogP contribution in [0.2, 0.25) is 0 Å². The Hall–Kier alpha value is -7.50. The summed E-state index contributed by atoms with van der Waals surface area (Å²) in [6.45, 7) is 16.2. The minimum atomic E-state index is -1.94. The van der Waals surface area contributed by atoms with E-state index in [0.29, 0.717) is 19.3 Å². The molecule has 0 aliphatic heterocycles. The molecule has 0 aromatic rings. The number of carbonyl (C=O) groups is 14. The molecule has 0 heterocycles. The Morgan fingerprint density at radius 1 is 0.494 bits per heavy atom. The van der Waals surface area contributed by atoms with Gasteiger partial charge in [-0.25, -0.2) is 4.79 Å². The Morgan fingerprint density at radius 2 is 0.867 bits per heavy atom.